The van der Waals surface area contributed by atoms with Crippen LogP contribution in [0, 0.1) is 0 Å². The molecule has 0 aliphatic heterocycles. The zero-order chi connectivity index (χ0) is 117. The van der Waals surface area contributed by atoms with Crippen LogP contribution in [0.3, 0.4) is 0 Å². The van der Waals surface area contributed by atoms with E-state index in [1.165, 1.54) is 42.5 Å². The minimum absolute atomic E-state index is 0.0246. The van der Waals surface area contributed by atoms with E-state index in [1.54, 1.807) is 0 Å². The lowest BCUT2D eigenvalue weighted by Crippen LogP contribution is -2.57. The van der Waals surface area contributed by atoms with Gasteiger partial charge in [0.1, 0.15) is 0 Å². The van der Waals surface area contributed by atoms with Gasteiger partial charge in [-0.2, -0.15) is 140 Å². The van der Waals surface area contributed by atoms with Crippen molar-refractivity contribution in [3.63, 3.8) is 0 Å². The van der Waals surface area contributed by atoms with Gasteiger partial charge in [-0.25, -0.2) is 47.9 Å². The molecule has 0 radical (unpaired) electrons. The molecule has 0 aliphatic rings. The number of alkyl halides is 32. The molecule has 0 aromatic rings. The summed E-state index contributed by atoms with van der Waals surface area (Å²) in [6.07, 6.45) is -91.8. The Kier molecular flexibility index (Phi) is 79.6. The van der Waals surface area contributed by atoms with Crippen LogP contribution in [-0.4, -0.2) is 389 Å². The predicted molar refractivity (Wildman–Crippen MR) is 464 cm³/mol. The Morgan fingerprint density at radius 3 is 0.440 bits per heavy atom. The molecule has 0 aliphatic carbocycles. The van der Waals surface area contributed by atoms with Crippen LogP contribution in [0.15, 0.2) is 9.98 Å². The number of hydrogen-bond donors (Lipinski definition) is 16. The van der Waals surface area contributed by atoms with Gasteiger partial charge in [-0.3, -0.25) is 38.4 Å². The third kappa shape index (κ3) is 69.0. The molecule has 150 heavy (non-hydrogen) atoms. The highest BCUT2D eigenvalue weighted by Crippen LogP contribution is 2.48. The van der Waals surface area contributed by atoms with Crippen molar-refractivity contribution in [2.75, 3.05) is 224 Å². The standard InChI is InChI=1S/2C18H28F8N4O6S.2C14H22F8N4O6.2C4H7NS/c2*1-2-3-12(37)28-5-9-34-11-7-30-14(32)16(21,22)36-18(25,26)17(23,24)35-15(19,20)13(31)29-6-10-33-8-4-27;2*15-11(16,9(27)25-3-7-29-5-1-23)31-13(19,20)14(21,22)32-12(17,18)10(28)26-4-8-30-6-2-24;2*1-2-3-5-4-6/h2*2-11,27H2,1H3,(H,28,37)(H,29,31)(H,30,32);2*1-8,23-24H2,(H,25,27)(H,26,28);2*2-3H2,1H3. The summed E-state index contributed by atoms with van der Waals surface area (Å²) in [5.41, 5.74) is 30.3. The summed E-state index contributed by atoms with van der Waals surface area (Å²) in [4.78, 5) is 98.4. The van der Waals surface area contributed by atoms with Gasteiger partial charge in [0.15, 0.2) is 0 Å². The van der Waals surface area contributed by atoms with Gasteiger partial charge in [-0.05, 0) is 63.0 Å². The van der Waals surface area contributed by atoms with Crippen molar-refractivity contribution in [1.82, 2.24) is 53.2 Å². The normalized spacial score (nSPS) is 12.5. The molecule has 0 heterocycles. The Balaban J connectivity index is -0.000000444. The fraction of sp³-hybridized carbons (Fsp3) is 0.833. The van der Waals surface area contributed by atoms with Gasteiger partial charge in [-0.15, -0.1) is 0 Å². The largest absolute Gasteiger partial charge is 0.453 e. The molecule has 0 fully saturated rings. The quantitative estimate of drug-likeness (QED) is 0.0168. The molecule has 0 saturated carbocycles. The fourth-order valence-corrected chi connectivity index (χ4v) is 8.43. The molecule has 0 rings (SSSR count). The highest BCUT2D eigenvalue weighted by atomic mass is 32.1. The molecule has 0 spiro atoms. The number of nitrogens with zero attached hydrogens (tertiary/aromatic N) is 2. The Hall–Kier alpha value is -7.98. The molecule has 42 nitrogen and oxygen atoms in total. The smallest absolute Gasteiger partial charge is 0.378 e. The van der Waals surface area contributed by atoms with Gasteiger partial charge in [0.25, 0.3) is 0 Å². The van der Waals surface area contributed by atoms with Gasteiger partial charge < -0.3 is 125 Å². The number of carbonyl (C=O) groups excluding carboxylic acids is 8. The van der Waals surface area contributed by atoms with Gasteiger partial charge in [0, 0.05) is 118 Å². The predicted octanol–water partition coefficient (Wildman–Crippen LogP) is 4.81. The molecule has 0 atom stereocenters. The number of aliphatic imine (C=N–C) groups is 2. The first-order valence-corrected chi connectivity index (χ1v) is 44.1. The molecule has 8 amide bonds. The van der Waals surface area contributed by atoms with Gasteiger partial charge in [0.05, 0.1) is 126 Å². The first kappa shape index (κ1) is 153. The summed E-state index contributed by atoms with van der Waals surface area (Å²) in [6.45, 7) is 1.54. The van der Waals surface area contributed by atoms with E-state index < -0.39 is 250 Å². The highest BCUT2D eigenvalue weighted by molar-refractivity contribution is 7.80. The zero-order valence-electron chi connectivity index (χ0n) is 79.2. The Morgan fingerprint density at radius 1 is 0.220 bits per heavy atom. The minimum Gasteiger partial charge on any atom is -0.378 e. The van der Waals surface area contributed by atoms with Crippen molar-refractivity contribution >= 4 is 116 Å². The van der Waals surface area contributed by atoms with E-state index in [0.29, 0.717) is 22.8 Å². The zero-order valence-corrected chi connectivity index (χ0v) is 82.4. The minimum atomic E-state index is -6.49. The lowest BCUT2D eigenvalue weighted by molar-refractivity contribution is -0.499. The Bertz CT molecular complexity index is 3580. The summed E-state index contributed by atoms with van der Waals surface area (Å²) >= 11 is 18.5. The lowest BCUT2D eigenvalue weighted by atomic mass is 10.3. The molecule has 22 N–H and O–H groups in total. The van der Waals surface area contributed by atoms with Crippen molar-refractivity contribution in [1.29, 1.82) is 0 Å². The number of nitrogens with one attached hydrogen (secondary N) is 10. The van der Waals surface area contributed by atoms with Crippen LogP contribution in [0.25, 0.3) is 0 Å². The van der Waals surface area contributed by atoms with Crippen molar-refractivity contribution in [3.05, 3.63) is 0 Å². The number of amides is 8. The van der Waals surface area contributed by atoms with Crippen LogP contribution in [0.5, 0.6) is 0 Å². The summed E-state index contributed by atoms with van der Waals surface area (Å²) in [5.74, 6) is -20.8. The molecule has 0 unspecified atom stereocenters. The van der Waals surface area contributed by atoms with Crippen LogP contribution in [0.2, 0.25) is 0 Å². The molecule has 78 heteroatoms. The number of isothiocyanates is 2. The summed E-state index contributed by atoms with van der Waals surface area (Å²) in [5, 5.41) is 20.9. The third-order valence-electron chi connectivity index (χ3n) is 14.2. The monoisotopic (exact) mass is 2350 g/mol. The summed E-state index contributed by atoms with van der Waals surface area (Å²) in [7, 11) is 0. The fourth-order valence-electron chi connectivity index (χ4n) is 7.64. The summed E-state index contributed by atoms with van der Waals surface area (Å²) < 4.78 is 490. The second-order valence-corrected chi connectivity index (χ2v) is 28.3. The van der Waals surface area contributed by atoms with Gasteiger partial charge in [-0.1, -0.05) is 52.1 Å². The number of rotatable bonds is 78. The van der Waals surface area contributed by atoms with Crippen LogP contribution >= 0.6 is 48.9 Å². The first-order valence-electron chi connectivity index (χ1n) is 42.5. The maximum Gasteiger partial charge on any atom is 0.453 e. The number of ether oxygens (including phenoxy) is 16. The van der Waals surface area contributed by atoms with Crippen LogP contribution in [0.4, 0.5) is 140 Å². The molecule has 884 valence electrons. The first-order chi connectivity index (χ1) is 69.1. The number of carbonyl (C=O) groups is 8. The van der Waals surface area contributed by atoms with E-state index >= 15 is 0 Å². The number of hydrogen-bond acceptors (Lipinski definition) is 36. The number of halogens is 32. The van der Waals surface area contributed by atoms with Crippen LogP contribution < -0.4 is 87.6 Å². The van der Waals surface area contributed by atoms with E-state index in [-0.39, 0.29) is 105 Å². The van der Waals surface area contributed by atoms with Crippen molar-refractivity contribution in [2.45, 2.75) is 164 Å². The molecule has 0 aromatic heterocycles. The Morgan fingerprint density at radius 2 is 0.340 bits per heavy atom. The van der Waals surface area contributed by atoms with Crippen LogP contribution in [0.1, 0.15) is 66.2 Å². The molecule has 0 aromatic carbocycles. The molecular weight excluding hydrogens is 2240 g/mol. The van der Waals surface area contributed by atoms with E-state index in [0.717, 1.165) is 38.8 Å². The van der Waals surface area contributed by atoms with Gasteiger partial charge >= 0.3 is 145 Å². The van der Waals surface area contributed by atoms with E-state index in [2.05, 4.69) is 126 Å². The highest BCUT2D eigenvalue weighted by Gasteiger charge is 2.74. The van der Waals surface area contributed by atoms with Gasteiger partial charge in [0.2, 0.25) is 0 Å². The average molecular weight is 2350 g/mol. The topological polar surface area (TPSA) is 585 Å². The van der Waals surface area contributed by atoms with E-state index in [4.69, 9.17) is 77.8 Å². The second kappa shape index (κ2) is 78.2. The molecule has 0 bridgehead atoms. The second-order valence-electron chi connectivity index (χ2n) is 26.9. The van der Waals surface area contributed by atoms with Crippen molar-refractivity contribution < 1.29 is 255 Å². The van der Waals surface area contributed by atoms with Crippen molar-refractivity contribution in [3.8, 4) is 0 Å². The van der Waals surface area contributed by atoms with Crippen molar-refractivity contribution in [2.24, 2.45) is 44.4 Å². The maximum atomic E-state index is 13.6. The number of thiocarbonyl (C=S) groups is 4. The average Bonchev–Trinajstić information content (AvgIpc) is 0.790. The summed E-state index contributed by atoms with van der Waals surface area (Å²) in [6, 6.07) is 0. The third-order valence-corrected chi connectivity index (χ3v) is 15.2. The molecular formula is C72H114F32N18O24S4. The lowest BCUT2D eigenvalue weighted by Gasteiger charge is -2.30. The van der Waals surface area contributed by atoms with E-state index in [1.807, 2.05) is 13.8 Å². The van der Waals surface area contributed by atoms with Crippen LogP contribution in [-0.2, 0) is 114 Å². The Labute approximate surface area is 853 Å². The number of nitrogens with two attached hydrogens (primary N) is 6. The maximum absolute atomic E-state index is 13.6. The molecule has 0 saturated heterocycles. The van der Waals surface area contributed by atoms with E-state index in [9.17, 15) is 179 Å². The SMILES string of the molecule is CCCC(=S)NCCOCCNC(=O)C(F)(F)OC(F)(F)C(F)(F)OC(F)(F)C(=O)NCCOCCN.CCCC(=S)NCCOCCNC(=O)C(F)(F)OC(F)(F)C(F)(F)OC(F)(F)C(=O)NCCOCCN.CCCN=C=S.CCCN=C=S.NCCOCCNC(=O)C(F)(F)OC(F)(F)C(F)(F)OC(F)(F)C(=O)NCCOCCN.NCCOCCNC(=O)C(F)(F)OC(F)(F)C(F)(F)OC(F)(F)C(=O)NCCOCCN.